The van der Waals surface area contributed by atoms with Gasteiger partial charge in [-0.25, -0.2) is 9.07 Å². The molecule has 0 unspecified atom stereocenters. The molecule has 0 fully saturated rings. The predicted octanol–water partition coefficient (Wildman–Crippen LogP) is 1.88. The summed E-state index contributed by atoms with van der Waals surface area (Å²) >= 11 is 0. The summed E-state index contributed by atoms with van der Waals surface area (Å²) in [6, 6.07) is 9.51. The summed E-state index contributed by atoms with van der Waals surface area (Å²) < 4.78 is 14.3. The molecule has 0 aliphatic rings. The third-order valence-electron chi connectivity index (χ3n) is 1.78. The first-order chi connectivity index (χ1) is 6.79. The predicted molar refractivity (Wildman–Crippen MR) is 48.2 cm³/mol. The van der Waals surface area contributed by atoms with Crippen molar-refractivity contribution in [2.75, 3.05) is 0 Å². The van der Waals surface area contributed by atoms with Crippen LogP contribution in [0.3, 0.4) is 0 Å². The summed E-state index contributed by atoms with van der Waals surface area (Å²) in [6.45, 7) is 0. The lowest BCUT2D eigenvalue weighted by Gasteiger charge is -1.99. The van der Waals surface area contributed by atoms with Gasteiger partial charge in [-0.3, -0.25) is 0 Å². The van der Waals surface area contributed by atoms with E-state index in [0.717, 1.165) is 0 Å². The van der Waals surface area contributed by atoms with E-state index in [9.17, 15) is 4.39 Å². The lowest BCUT2D eigenvalue weighted by molar-refractivity contribution is 0.625. The van der Waals surface area contributed by atoms with Crippen molar-refractivity contribution in [2.24, 2.45) is 0 Å². The maximum absolute atomic E-state index is 12.8. The molecule has 0 saturated carbocycles. The third-order valence-corrected chi connectivity index (χ3v) is 1.78. The summed E-state index contributed by atoms with van der Waals surface area (Å²) in [5, 5.41) is 12.5. The third kappa shape index (κ3) is 1.48. The average molecular weight is 187 g/mol. The molecule has 0 N–H and O–H groups in total. The fourth-order valence-corrected chi connectivity index (χ4v) is 1.15. The standard InChI is InChI=1S/C10H6FN3/c11-8-2-1-3-10(6-8)14-5-4-9(7-12)13-14/h1-6H. The molecule has 3 nitrogen and oxygen atoms in total. The van der Waals surface area contributed by atoms with E-state index >= 15 is 0 Å². The van der Waals surface area contributed by atoms with Crippen LogP contribution in [0.2, 0.25) is 0 Å². The van der Waals surface area contributed by atoms with Crippen molar-refractivity contribution in [3.05, 3.63) is 48.0 Å². The molecular weight excluding hydrogens is 181 g/mol. The number of nitrogens with zero attached hydrogens (tertiary/aromatic N) is 3. The van der Waals surface area contributed by atoms with Crippen molar-refractivity contribution in [2.45, 2.75) is 0 Å². The fraction of sp³-hybridized carbons (Fsp3) is 0. The van der Waals surface area contributed by atoms with E-state index in [1.165, 1.54) is 16.8 Å². The Morgan fingerprint density at radius 3 is 2.86 bits per heavy atom. The molecule has 1 aromatic carbocycles. The minimum Gasteiger partial charge on any atom is -0.240 e. The summed E-state index contributed by atoms with van der Waals surface area (Å²) in [6.07, 6.45) is 1.62. The molecule has 2 rings (SSSR count). The van der Waals surface area contributed by atoms with Crippen LogP contribution >= 0.6 is 0 Å². The number of nitriles is 1. The number of aromatic nitrogens is 2. The normalized spacial score (nSPS) is 9.71. The highest BCUT2D eigenvalue weighted by atomic mass is 19.1. The Bertz CT molecular complexity index is 496. The van der Waals surface area contributed by atoms with Gasteiger partial charge in [0.25, 0.3) is 0 Å². The van der Waals surface area contributed by atoms with Crippen LogP contribution in [-0.2, 0) is 0 Å². The first-order valence-electron chi connectivity index (χ1n) is 4.01. The molecule has 0 saturated heterocycles. The molecule has 0 aliphatic heterocycles. The molecule has 1 heterocycles. The molecule has 0 aliphatic carbocycles. The topological polar surface area (TPSA) is 41.6 Å². The first kappa shape index (κ1) is 8.45. The van der Waals surface area contributed by atoms with Gasteiger partial charge in [-0.15, -0.1) is 0 Å². The van der Waals surface area contributed by atoms with Crippen molar-refractivity contribution in [3.8, 4) is 11.8 Å². The zero-order valence-electron chi connectivity index (χ0n) is 7.18. The largest absolute Gasteiger partial charge is 0.240 e. The summed E-state index contributed by atoms with van der Waals surface area (Å²) in [5.74, 6) is -0.323. The van der Waals surface area contributed by atoms with Gasteiger partial charge in [0, 0.05) is 6.20 Å². The molecule has 4 heteroatoms. The lowest BCUT2D eigenvalue weighted by atomic mass is 10.3. The second-order valence-electron chi connectivity index (χ2n) is 2.74. The zero-order valence-corrected chi connectivity index (χ0v) is 7.18. The summed E-state index contributed by atoms with van der Waals surface area (Å²) in [4.78, 5) is 0. The second-order valence-corrected chi connectivity index (χ2v) is 2.74. The first-order valence-corrected chi connectivity index (χ1v) is 4.01. The van der Waals surface area contributed by atoms with E-state index in [1.54, 1.807) is 24.4 Å². The Labute approximate surface area is 80.0 Å². The van der Waals surface area contributed by atoms with Crippen LogP contribution in [0.5, 0.6) is 0 Å². The average Bonchev–Trinajstić information content (AvgIpc) is 2.66. The summed E-state index contributed by atoms with van der Waals surface area (Å²) in [7, 11) is 0. The van der Waals surface area contributed by atoms with Crippen LogP contribution in [0, 0.1) is 17.1 Å². The number of benzene rings is 1. The van der Waals surface area contributed by atoms with Crippen LogP contribution in [0.4, 0.5) is 4.39 Å². The van der Waals surface area contributed by atoms with Crippen molar-refractivity contribution in [3.63, 3.8) is 0 Å². The number of halogens is 1. The molecule has 68 valence electrons. The fourth-order valence-electron chi connectivity index (χ4n) is 1.15. The maximum Gasteiger partial charge on any atom is 0.162 e. The van der Waals surface area contributed by atoms with Crippen molar-refractivity contribution >= 4 is 0 Å². The van der Waals surface area contributed by atoms with E-state index in [1.807, 2.05) is 6.07 Å². The van der Waals surface area contributed by atoms with Gasteiger partial charge in [0.2, 0.25) is 0 Å². The minimum absolute atomic E-state index is 0.314. The Kier molecular flexibility index (Phi) is 1.99. The molecule has 1 aromatic heterocycles. The highest BCUT2D eigenvalue weighted by Gasteiger charge is 2.00. The minimum atomic E-state index is -0.323. The maximum atomic E-state index is 12.8. The van der Waals surface area contributed by atoms with Gasteiger partial charge in [-0.1, -0.05) is 6.07 Å². The van der Waals surface area contributed by atoms with E-state index in [0.29, 0.717) is 11.4 Å². The van der Waals surface area contributed by atoms with Gasteiger partial charge in [0.1, 0.15) is 11.9 Å². The van der Waals surface area contributed by atoms with Gasteiger partial charge in [0.05, 0.1) is 5.69 Å². The molecule has 14 heavy (non-hydrogen) atoms. The summed E-state index contributed by atoms with van der Waals surface area (Å²) in [5.41, 5.74) is 0.917. The zero-order chi connectivity index (χ0) is 9.97. The van der Waals surface area contributed by atoms with E-state index in [4.69, 9.17) is 5.26 Å². The number of hydrogen-bond donors (Lipinski definition) is 0. The molecule has 0 spiro atoms. The smallest absolute Gasteiger partial charge is 0.162 e. The number of hydrogen-bond acceptors (Lipinski definition) is 2. The van der Waals surface area contributed by atoms with Crippen LogP contribution < -0.4 is 0 Å². The molecular formula is C10H6FN3. The van der Waals surface area contributed by atoms with Gasteiger partial charge < -0.3 is 0 Å². The second kappa shape index (κ2) is 3.30. The highest BCUT2D eigenvalue weighted by molar-refractivity contribution is 5.32. The highest BCUT2D eigenvalue weighted by Crippen LogP contribution is 2.08. The van der Waals surface area contributed by atoms with Crippen LogP contribution in [-0.4, -0.2) is 9.78 Å². The lowest BCUT2D eigenvalue weighted by Crippen LogP contribution is -1.95. The van der Waals surface area contributed by atoms with E-state index < -0.39 is 0 Å². The van der Waals surface area contributed by atoms with Gasteiger partial charge in [-0.2, -0.15) is 10.4 Å². The van der Waals surface area contributed by atoms with Crippen LogP contribution in [0.1, 0.15) is 5.69 Å². The van der Waals surface area contributed by atoms with Crippen LogP contribution in [0.25, 0.3) is 5.69 Å². The van der Waals surface area contributed by atoms with Gasteiger partial charge in [0.15, 0.2) is 5.69 Å². The molecule has 0 amide bonds. The SMILES string of the molecule is N#Cc1ccn(-c2cccc(F)c2)n1. The van der Waals surface area contributed by atoms with Gasteiger partial charge >= 0.3 is 0 Å². The Morgan fingerprint density at radius 1 is 1.36 bits per heavy atom. The molecule has 0 atom stereocenters. The Morgan fingerprint density at radius 2 is 2.21 bits per heavy atom. The Balaban J connectivity index is 2.45. The van der Waals surface area contributed by atoms with Gasteiger partial charge in [-0.05, 0) is 24.3 Å². The molecule has 0 radical (unpaired) electrons. The van der Waals surface area contributed by atoms with E-state index in [-0.39, 0.29) is 5.82 Å². The molecule has 2 aromatic rings. The van der Waals surface area contributed by atoms with Crippen molar-refractivity contribution in [1.82, 2.24) is 9.78 Å². The quantitative estimate of drug-likeness (QED) is 0.684. The Hall–Kier alpha value is -2.15. The van der Waals surface area contributed by atoms with Crippen molar-refractivity contribution < 1.29 is 4.39 Å². The molecule has 0 bridgehead atoms. The monoisotopic (exact) mass is 187 g/mol. The number of rotatable bonds is 1. The van der Waals surface area contributed by atoms with E-state index in [2.05, 4.69) is 5.10 Å². The van der Waals surface area contributed by atoms with Crippen molar-refractivity contribution in [1.29, 1.82) is 5.26 Å². The van der Waals surface area contributed by atoms with Crippen LogP contribution in [0.15, 0.2) is 36.5 Å².